The molecular formula is C24H20N4O. The Morgan fingerprint density at radius 2 is 1.31 bits per heavy atom. The molecule has 0 radical (unpaired) electrons. The molecule has 3 aromatic carbocycles. The number of aromatic nitrogens is 2. The fourth-order valence-electron chi connectivity index (χ4n) is 2.91. The molecule has 4 rings (SSSR count). The van der Waals surface area contributed by atoms with Crippen molar-refractivity contribution in [3.05, 3.63) is 97.1 Å². The number of hydrogen-bond acceptors (Lipinski definition) is 4. The summed E-state index contributed by atoms with van der Waals surface area (Å²) in [6.45, 7) is 0.106. The molecule has 0 saturated heterocycles. The molecule has 0 aliphatic heterocycles. The SMILES string of the molecule is O=C(CNc1cc(-c2ccccc2)nc(-c2ccccc2)n1)Nc1ccccc1. The van der Waals surface area contributed by atoms with Gasteiger partial charge < -0.3 is 10.6 Å². The van der Waals surface area contributed by atoms with E-state index in [-0.39, 0.29) is 12.5 Å². The monoisotopic (exact) mass is 380 g/mol. The van der Waals surface area contributed by atoms with Crippen molar-refractivity contribution in [2.75, 3.05) is 17.2 Å². The molecule has 2 N–H and O–H groups in total. The smallest absolute Gasteiger partial charge is 0.243 e. The zero-order valence-electron chi connectivity index (χ0n) is 15.7. The lowest BCUT2D eigenvalue weighted by Gasteiger charge is -2.11. The Morgan fingerprint density at radius 3 is 1.97 bits per heavy atom. The molecule has 5 nitrogen and oxygen atoms in total. The Morgan fingerprint density at radius 1 is 0.724 bits per heavy atom. The zero-order chi connectivity index (χ0) is 19.9. The average molecular weight is 380 g/mol. The number of carbonyl (C=O) groups is 1. The fraction of sp³-hybridized carbons (Fsp3) is 0.0417. The van der Waals surface area contributed by atoms with Crippen molar-refractivity contribution in [3.63, 3.8) is 0 Å². The predicted molar refractivity (Wildman–Crippen MR) is 116 cm³/mol. The quantitative estimate of drug-likeness (QED) is 0.501. The van der Waals surface area contributed by atoms with Crippen molar-refractivity contribution in [2.45, 2.75) is 0 Å². The molecule has 0 unspecified atom stereocenters. The van der Waals surface area contributed by atoms with E-state index in [1.54, 1.807) is 0 Å². The molecule has 29 heavy (non-hydrogen) atoms. The van der Waals surface area contributed by atoms with Crippen molar-refractivity contribution in [1.82, 2.24) is 9.97 Å². The Labute approximate surface area is 169 Å². The maximum Gasteiger partial charge on any atom is 0.243 e. The van der Waals surface area contributed by atoms with E-state index >= 15 is 0 Å². The Balaban J connectivity index is 1.58. The molecule has 0 atom stereocenters. The topological polar surface area (TPSA) is 66.9 Å². The first-order chi connectivity index (χ1) is 14.3. The second kappa shape index (κ2) is 8.80. The lowest BCUT2D eigenvalue weighted by molar-refractivity contribution is -0.114. The molecule has 0 aliphatic rings. The Hall–Kier alpha value is -3.99. The summed E-state index contributed by atoms with van der Waals surface area (Å²) in [5.74, 6) is 1.07. The molecular weight excluding hydrogens is 360 g/mol. The maximum atomic E-state index is 12.3. The zero-order valence-corrected chi connectivity index (χ0v) is 15.7. The van der Waals surface area contributed by atoms with Crippen LogP contribution in [-0.4, -0.2) is 22.4 Å². The second-order valence-electron chi connectivity index (χ2n) is 6.46. The minimum Gasteiger partial charge on any atom is -0.361 e. The molecule has 0 bridgehead atoms. The molecule has 4 aromatic rings. The van der Waals surface area contributed by atoms with Gasteiger partial charge in [0.2, 0.25) is 5.91 Å². The summed E-state index contributed by atoms with van der Waals surface area (Å²) in [4.78, 5) is 21.6. The van der Waals surface area contributed by atoms with Gasteiger partial charge in [-0.05, 0) is 12.1 Å². The highest BCUT2D eigenvalue weighted by Gasteiger charge is 2.10. The maximum absolute atomic E-state index is 12.3. The third-order valence-corrected chi connectivity index (χ3v) is 4.32. The summed E-state index contributed by atoms with van der Waals surface area (Å²) in [5.41, 5.74) is 3.47. The van der Waals surface area contributed by atoms with Crippen LogP contribution in [0.4, 0.5) is 11.5 Å². The van der Waals surface area contributed by atoms with E-state index in [0.29, 0.717) is 11.6 Å². The minimum atomic E-state index is -0.141. The normalized spacial score (nSPS) is 10.3. The number of nitrogens with zero attached hydrogens (tertiary/aromatic N) is 2. The van der Waals surface area contributed by atoms with Crippen LogP contribution in [0.15, 0.2) is 97.1 Å². The van der Waals surface area contributed by atoms with E-state index in [2.05, 4.69) is 15.6 Å². The summed E-state index contributed by atoms with van der Waals surface area (Å²) < 4.78 is 0. The van der Waals surface area contributed by atoms with Gasteiger partial charge in [0, 0.05) is 22.9 Å². The molecule has 1 heterocycles. The highest BCUT2D eigenvalue weighted by Crippen LogP contribution is 2.24. The van der Waals surface area contributed by atoms with Crippen LogP contribution in [0.25, 0.3) is 22.6 Å². The van der Waals surface area contributed by atoms with Gasteiger partial charge in [0.25, 0.3) is 0 Å². The number of carbonyl (C=O) groups excluding carboxylic acids is 1. The summed E-state index contributed by atoms with van der Waals surface area (Å²) in [5, 5.41) is 5.98. The van der Waals surface area contributed by atoms with Crippen LogP contribution in [0.2, 0.25) is 0 Å². The fourth-order valence-corrected chi connectivity index (χ4v) is 2.91. The molecule has 5 heteroatoms. The van der Waals surface area contributed by atoms with Crippen molar-refractivity contribution < 1.29 is 4.79 Å². The lowest BCUT2D eigenvalue weighted by atomic mass is 10.1. The van der Waals surface area contributed by atoms with Crippen molar-refractivity contribution in [1.29, 1.82) is 0 Å². The van der Waals surface area contributed by atoms with Gasteiger partial charge in [0.1, 0.15) is 5.82 Å². The first-order valence-corrected chi connectivity index (χ1v) is 9.37. The van der Waals surface area contributed by atoms with Gasteiger partial charge in [-0.2, -0.15) is 0 Å². The highest BCUT2D eigenvalue weighted by atomic mass is 16.1. The van der Waals surface area contributed by atoms with Gasteiger partial charge in [0.05, 0.1) is 12.2 Å². The van der Waals surface area contributed by atoms with E-state index in [4.69, 9.17) is 4.98 Å². The van der Waals surface area contributed by atoms with Crippen LogP contribution in [0.3, 0.4) is 0 Å². The molecule has 0 aliphatic carbocycles. The van der Waals surface area contributed by atoms with E-state index in [1.165, 1.54) is 0 Å². The van der Waals surface area contributed by atoms with Gasteiger partial charge in [0.15, 0.2) is 5.82 Å². The van der Waals surface area contributed by atoms with Crippen LogP contribution in [0.5, 0.6) is 0 Å². The summed E-state index contributed by atoms with van der Waals surface area (Å²) >= 11 is 0. The van der Waals surface area contributed by atoms with Crippen molar-refractivity contribution in [3.8, 4) is 22.6 Å². The third kappa shape index (κ3) is 4.84. The third-order valence-electron chi connectivity index (χ3n) is 4.32. The van der Waals surface area contributed by atoms with E-state index in [9.17, 15) is 4.79 Å². The molecule has 0 saturated carbocycles. The number of rotatable bonds is 6. The number of nitrogens with one attached hydrogen (secondary N) is 2. The van der Waals surface area contributed by atoms with Gasteiger partial charge in [-0.3, -0.25) is 4.79 Å². The van der Waals surface area contributed by atoms with E-state index in [0.717, 1.165) is 22.5 Å². The van der Waals surface area contributed by atoms with Gasteiger partial charge in [-0.1, -0.05) is 78.9 Å². The first-order valence-electron chi connectivity index (χ1n) is 9.37. The first kappa shape index (κ1) is 18.4. The van der Waals surface area contributed by atoms with Crippen molar-refractivity contribution in [2.24, 2.45) is 0 Å². The number of hydrogen-bond donors (Lipinski definition) is 2. The number of benzene rings is 3. The Kier molecular flexibility index (Phi) is 5.58. The van der Waals surface area contributed by atoms with Crippen LogP contribution >= 0.6 is 0 Å². The Bertz CT molecular complexity index is 1030. The summed E-state index contributed by atoms with van der Waals surface area (Å²) in [6.07, 6.45) is 0. The number of amides is 1. The van der Waals surface area contributed by atoms with Gasteiger partial charge in [-0.15, -0.1) is 0 Å². The van der Waals surface area contributed by atoms with Crippen LogP contribution in [0, 0.1) is 0 Å². The van der Waals surface area contributed by atoms with Gasteiger partial charge in [-0.25, -0.2) is 9.97 Å². The standard InChI is InChI=1S/C24H20N4O/c29-23(26-20-14-8-3-9-15-20)17-25-22-16-21(18-10-4-1-5-11-18)27-24(28-22)19-12-6-2-7-13-19/h1-16H,17H2,(H,26,29)(H,25,27,28). The molecule has 0 spiro atoms. The van der Waals surface area contributed by atoms with Crippen LogP contribution < -0.4 is 10.6 Å². The predicted octanol–water partition coefficient (Wildman–Crippen LogP) is 4.86. The molecule has 0 fully saturated rings. The highest BCUT2D eigenvalue weighted by molar-refractivity contribution is 5.93. The van der Waals surface area contributed by atoms with Gasteiger partial charge >= 0.3 is 0 Å². The minimum absolute atomic E-state index is 0.106. The lowest BCUT2D eigenvalue weighted by Crippen LogP contribution is -2.22. The average Bonchev–Trinajstić information content (AvgIpc) is 2.79. The number of anilines is 2. The second-order valence-corrected chi connectivity index (χ2v) is 6.46. The van der Waals surface area contributed by atoms with E-state index in [1.807, 2.05) is 97.1 Å². The van der Waals surface area contributed by atoms with Crippen LogP contribution in [-0.2, 0) is 4.79 Å². The molecule has 1 amide bonds. The largest absolute Gasteiger partial charge is 0.361 e. The summed E-state index contributed by atoms with van der Waals surface area (Å²) in [7, 11) is 0. The van der Waals surface area contributed by atoms with E-state index < -0.39 is 0 Å². The van der Waals surface area contributed by atoms with Crippen molar-refractivity contribution >= 4 is 17.4 Å². The summed E-state index contributed by atoms with van der Waals surface area (Å²) in [6, 6.07) is 30.9. The molecule has 1 aromatic heterocycles. The number of para-hydroxylation sites is 1. The van der Waals surface area contributed by atoms with Crippen LogP contribution in [0.1, 0.15) is 0 Å². The molecule has 142 valence electrons.